The number of benzene rings is 1. The summed E-state index contributed by atoms with van der Waals surface area (Å²) >= 11 is 0. The molecule has 2 rings (SSSR count). The molecule has 0 aromatic heterocycles. The molecule has 2 heteroatoms. The van der Waals surface area contributed by atoms with Crippen molar-refractivity contribution in [1.29, 1.82) is 0 Å². The number of nitrogens with one attached hydrogen (secondary N) is 1. The van der Waals surface area contributed by atoms with Gasteiger partial charge in [-0.2, -0.15) is 0 Å². The van der Waals surface area contributed by atoms with E-state index in [1.54, 1.807) is 0 Å². The monoisotopic (exact) mass is 317 g/mol. The lowest BCUT2D eigenvalue weighted by Crippen LogP contribution is -2.17. The van der Waals surface area contributed by atoms with Gasteiger partial charge >= 0.3 is 0 Å². The zero-order chi connectivity index (χ0) is 16.5. The van der Waals surface area contributed by atoms with E-state index in [1.807, 2.05) is 6.07 Å². The van der Waals surface area contributed by atoms with Crippen molar-refractivity contribution in [2.75, 3.05) is 11.9 Å². The third kappa shape index (κ3) is 6.18. The standard InChI is InChI=1S/C21H35NO/c1-3-8-18(14-17-10-5-6-11-17)16-22-20-13-7-12-19(15-20)21(23)9-4-2/h7,12-13,15,17-18,21-23H,3-6,8-11,14,16H2,1-2H3. The highest BCUT2D eigenvalue weighted by Gasteiger charge is 2.19. The normalized spacial score (nSPS) is 18.0. The molecule has 2 unspecified atom stereocenters. The van der Waals surface area contributed by atoms with Crippen LogP contribution in [-0.4, -0.2) is 11.7 Å². The van der Waals surface area contributed by atoms with Gasteiger partial charge in [0.1, 0.15) is 0 Å². The molecule has 1 saturated carbocycles. The molecule has 0 heterocycles. The first-order valence-corrected chi connectivity index (χ1v) is 9.74. The van der Waals surface area contributed by atoms with Gasteiger partial charge in [0.05, 0.1) is 6.10 Å². The summed E-state index contributed by atoms with van der Waals surface area (Å²) in [4.78, 5) is 0. The molecule has 1 aromatic carbocycles. The lowest BCUT2D eigenvalue weighted by atomic mass is 9.90. The lowest BCUT2D eigenvalue weighted by molar-refractivity contribution is 0.166. The second kappa shape index (κ2) is 9.97. The minimum Gasteiger partial charge on any atom is -0.388 e. The Bertz CT molecular complexity index is 439. The maximum absolute atomic E-state index is 10.2. The van der Waals surface area contributed by atoms with Gasteiger partial charge in [-0.05, 0) is 48.8 Å². The minimum atomic E-state index is -0.327. The van der Waals surface area contributed by atoms with E-state index in [4.69, 9.17) is 0 Å². The predicted octanol–water partition coefficient (Wildman–Crippen LogP) is 5.93. The van der Waals surface area contributed by atoms with E-state index >= 15 is 0 Å². The molecule has 0 radical (unpaired) electrons. The van der Waals surface area contributed by atoms with Gasteiger partial charge in [0.15, 0.2) is 0 Å². The number of rotatable bonds is 10. The van der Waals surface area contributed by atoms with Crippen molar-refractivity contribution in [1.82, 2.24) is 0 Å². The van der Waals surface area contributed by atoms with Crippen molar-refractivity contribution < 1.29 is 5.11 Å². The third-order valence-corrected chi connectivity index (χ3v) is 5.27. The van der Waals surface area contributed by atoms with E-state index in [0.717, 1.165) is 42.5 Å². The smallest absolute Gasteiger partial charge is 0.0790 e. The second-order valence-corrected chi connectivity index (χ2v) is 7.35. The van der Waals surface area contributed by atoms with E-state index in [9.17, 15) is 5.11 Å². The Morgan fingerprint density at radius 3 is 2.57 bits per heavy atom. The van der Waals surface area contributed by atoms with E-state index < -0.39 is 0 Å². The molecule has 0 spiro atoms. The first-order valence-electron chi connectivity index (χ1n) is 9.74. The molecule has 2 nitrogen and oxygen atoms in total. The van der Waals surface area contributed by atoms with Gasteiger partial charge < -0.3 is 10.4 Å². The SMILES string of the molecule is CCCC(CNc1cccc(C(O)CCC)c1)CC1CCCC1. The van der Waals surface area contributed by atoms with Crippen LogP contribution in [0.15, 0.2) is 24.3 Å². The number of aliphatic hydroxyl groups is 1. The van der Waals surface area contributed by atoms with Crippen LogP contribution in [0.4, 0.5) is 5.69 Å². The van der Waals surface area contributed by atoms with Gasteiger partial charge in [0.25, 0.3) is 0 Å². The minimum absolute atomic E-state index is 0.327. The van der Waals surface area contributed by atoms with Gasteiger partial charge in [-0.3, -0.25) is 0 Å². The lowest BCUT2D eigenvalue weighted by Gasteiger charge is -2.21. The Morgan fingerprint density at radius 1 is 1.13 bits per heavy atom. The first-order chi connectivity index (χ1) is 11.2. The Kier molecular flexibility index (Phi) is 7.94. The fraction of sp³-hybridized carbons (Fsp3) is 0.714. The zero-order valence-corrected chi connectivity index (χ0v) is 15.1. The van der Waals surface area contributed by atoms with E-state index in [1.165, 1.54) is 44.9 Å². The highest BCUT2D eigenvalue weighted by molar-refractivity contribution is 5.46. The van der Waals surface area contributed by atoms with Gasteiger partial charge in [0.2, 0.25) is 0 Å². The summed E-state index contributed by atoms with van der Waals surface area (Å²) in [6.07, 6.45) is 11.3. The molecule has 2 atom stereocenters. The highest BCUT2D eigenvalue weighted by Crippen LogP contribution is 2.32. The van der Waals surface area contributed by atoms with Crippen molar-refractivity contribution in [3.05, 3.63) is 29.8 Å². The molecule has 0 aliphatic heterocycles. The molecule has 0 amide bonds. The summed E-state index contributed by atoms with van der Waals surface area (Å²) in [6, 6.07) is 8.34. The summed E-state index contributed by atoms with van der Waals surface area (Å²) in [5.74, 6) is 1.75. The largest absolute Gasteiger partial charge is 0.388 e. The van der Waals surface area contributed by atoms with Crippen LogP contribution >= 0.6 is 0 Å². The van der Waals surface area contributed by atoms with Gasteiger partial charge in [-0.15, -0.1) is 0 Å². The summed E-state index contributed by atoms with van der Waals surface area (Å²) in [5, 5.41) is 13.8. The van der Waals surface area contributed by atoms with Gasteiger partial charge in [-0.25, -0.2) is 0 Å². The number of hydrogen-bond acceptors (Lipinski definition) is 2. The molecule has 1 aromatic rings. The van der Waals surface area contributed by atoms with Crippen LogP contribution in [0.1, 0.15) is 83.3 Å². The Morgan fingerprint density at radius 2 is 1.87 bits per heavy atom. The summed E-state index contributed by atoms with van der Waals surface area (Å²) < 4.78 is 0. The molecule has 1 aliphatic rings. The topological polar surface area (TPSA) is 32.3 Å². The maximum Gasteiger partial charge on any atom is 0.0790 e. The number of anilines is 1. The van der Waals surface area contributed by atoms with Crippen molar-refractivity contribution in [2.24, 2.45) is 11.8 Å². The average molecular weight is 318 g/mol. The van der Waals surface area contributed by atoms with E-state index in [-0.39, 0.29) is 6.10 Å². The van der Waals surface area contributed by atoms with Crippen LogP contribution in [0, 0.1) is 11.8 Å². The van der Waals surface area contributed by atoms with Crippen LogP contribution in [0.5, 0.6) is 0 Å². The fourth-order valence-corrected chi connectivity index (χ4v) is 3.99. The molecule has 23 heavy (non-hydrogen) atoms. The third-order valence-electron chi connectivity index (χ3n) is 5.27. The van der Waals surface area contributed by atoms with Crippen LogP contribution in [0.3, 0.4) is 0 Å². The summed E-state index contributed by atoms with van der Waals surface area (Å²) in [7, 11) is 0. The highest BCUT2D eigenvalue weighted by atomic mass is 16.3. The Balaban J connectivity index is 1.87. The summed E-state index contributed by atoms with van der Waals surface area (Å²) in [5.41, 5.74) is 2.20. The molecule has 1 fully saturated rings. The average Bonchev–Trinajstić information content (AvgIpc) is 3.06. The van der Waals surface area contributed by atoms with Crippen molar-refractivity contribution in [3.8, 4) is 0 Å². The molecule has 2 N–H and O–H groups in total. The maximum atomic E-state index is 10.2. The fourth-order valence-electron chi connectivity index (χ4n) is 3.99. The molecule has 1 aliphatic carbocycles. The second-order valence-electron chi connectivity index (χ2n) is 7.35. The van der Waals surface area contributed by atoms with Gasteiger partial charge in [0, 0.05) is 12.2 Å². The first kappa shape index (κ1) is 18.3. The van der Waals surface area contributed by atoms with Gasteiger partial charge in [-0.1, -0.05) is 64.5 Å². The van der Waals surface area contributed by atoms with Crippen LogP contribution in [-0.2, 0) is 0 Å². The quantitative estimate of drug-likeness (QED) is 0.560. The molecule has 0 saturated heterocycles. The Labute approximate surface area is 142 Å². The predicted molar refractivity (Wildman–Crippen MR) is 99.8 cm³/mol. The van der Waals surface area contributed by atoms with Crippen LogP contribution in [0.25, 0.3) is 0 Å². The van der Waals surface area contributed by atoms with Crippen molar-refractivity contribution in [2.45, 2.75) is 77.7 Å². The molecular formula is C21H35NO. The van der Waals surface area contributed by atoms with Crippen LogP contribution < -0.4 is 5.32 Å². The van der Waals surface area contributed by atoms with Crippen molar-refractivity contribution in [3.63, 3.8) is 0 Å². The van der Waals surface area contributed by atoms with Crippen molar-refractivity contribution >= 4 is 5.69 Å². The molecule has 130 valence electrons. The van der Waals surface area contributed by atoms with Crippen LogP contribution in [0.2, 0.25) is 0 Å². The molecular weight excluding hydrogens is 282 g/mol. The van der Waals surface area contributed by atoms with E-state index in [2.05, 4.69) is 37.4 Å². The number of hydrogen-bond donors (Lipinski definition) is 2. The zero-order valence-electron chi connectivity index (χ0n) is 15.1. The Hall–Kier alpha value is -1.02. The van der Waals surface area contributed by atoms with E-state index in [0.29, 0.717) is 0 Å². The summed E-state index contributed by atoms with van der Waals surface area (Å²) in [6.45, 7) is 5.48. The number of aliphatic hydroxyl groups excluding tert-OH is 1. The molecule has 0 bridgehead atoms.